The number of nitrogens with one attached hydrogen (secondary N) is 1. The van der Waals surface area contributed by atoms with Gasteiger partial charge in [0.2, 0.25) is 5.91 Å². The maximum atomic E-state index is 13.4. The molecule has 4 aromatic rings. The van der Waals surface area contributed by atoms with Crippen LogP contribution >= 0.6 is 23.1 Å². The molecule has 2 aromatic heterocycles. The normalized spacial score (nSPS) is 14.8. The molecule has 9 nitrogen and oxygen atoms in total. The average Bonchev–Trinajstić information content (AvgIpc) is 3.72. The van der Waals surface area contributed by atoms with Crippen molar-refractivity contribution in [3.63, 3.8) is 0 Å². The van der Waals surface area contributed by atoms with Gasteiger partial charge in [-0.25, -0.2) is 5.01 Å². The van der Waals surface area contributed by atoms with Gasteiger partial charge in [-0.15, -0.1) is 21.5 Å². The maximum absolute atomic E-state index is 13.4. The number of aromatic nitrogens is 3. The lowest BCUT2D eigenvalue weighted by molar-refractivity contribution is -0.130. The number of hydrogen-bond acceptors (Lipinski definition) is 8. The van der Waals surface area contributed by atoms with Crippen LogP contribution in [-0.4, -0.2) is 50.2 Å². The molecule has 11 heteroatoms. The molecule has 0 fully saturated rings. The quantitative estimate of drug-likeness (QED) is 0.292. The molecule has 0 aliphatic carbocycles. The first kappa shape index (κ1) is 26.6. The summed E-state index contributed by atoms with van der Waals surface area (Å²) in [6, 6.07) is 21.1. The molecular formula is C28H28N6O3S2. The topological polar surface area (TPSA) is 102 Å². The zero-order valence-corrected chi connectivity index (χ0v) is 23.2. The van der Waals surface area contributed by atoms with E-state index in [4.69, 9.17) is 9.84 Å². The number of carbonyl (C=O) groups is 2. The lowest BCUT2D eigenvalue weighted by Crippen LogP contribution is -2.28. The van der Waals surface area contributed by atoms with Crippen molar-refractivity contribution in [2.24, 2.45) is 12.1 Å². The molecule has 200 valence electrons. The number of amides is 2. The Morgan fingerprint density at radius 1 is 1.08 bits per heavy atom. The molecule has 0 radical (unpaired) electrons. The van der Waals surface area contributed by atoms with Gasteiger partial charge < -0.3 is 14.6 Å². The standard InChI is InChI=1S/C28H28N6O3S2/c1-33-25(17-29-26(35)15-19-7-4-3-5-8-19)30-31-28(33)39-18-27(36)34-23(20-10-12-21(37-2)13-11-20)16-22(32-34)24-9-6-14-38-24/h3-14,23H,15-18H2,1-2H3,(H,29,35)/t23-/m1/s1. The van der Waals surface area contributed by atoms with Crippen LogP contribution in [0.2, 0.25) is 0 Å². The van der Waals surface area contributed by atoms with Crippen LogP contribution in [0.1, 0.15) is 34.3 Å². The Morgan fingerprint density at radius 2 is 1.87 bits per heavy atom. The maximum Gasteiger partial charge on any atom is 0.253 e. The molecule has 3 heterocycles. The molecule has 1 aliphatic heterocycles. The van der Waals surface area contributed by atoms with Crippen LogP contribution in [0.3, 0.4) is 0 Å². The van der Waals surface area contributed by atoms with E-state index in [1.165, 1.54) is 11.8 Å². The molecule has 0 saturated heterocycles. The summed E-state index contributed by atoms with van der Waals surface area (Å²) in [7, 11) is 3.46. The van der Waals surface area contributed by atoms with Gasteiger partial charge in [0.05, 0.1) is 42.5 Å². The van der Waals surface area contributed by atoms with Gasteiger partial charge in [0, 0.05) is 13.5 Å². The Kier molecular flexibility index (Phi) is 8.38. The molecule has 1 atom stereocenters. The summed E-state index contributed by atoms with van der Waals surface area (Å²) in [6.45, 7) is 0.254. The fraction of sp³-hybridized carbons (Fsp3) is 0.250. The van der Waals surface area contributed by atoms with E-state index in [9.17, 15) is 9.59 Å². The lowest BCUT2D eigenvalue weighted by Gasteiger charge is -2.22. The van der Waals surface area contributed by atoms with E-state index >= 15 is 0 Å². The second-order valence-corrected chi connectivity index (χ2v) is 10.8. The van der Waals surface area contributed by atoms with Crippen molar-refractivity contribution in [2.75, 3.05) is 12.9 Å². The first-order valence-corrected chi connectivity index (χ1v) is 14.3. The molecule has 2 amide bonds. The third kappa shape index (κ3) is 6.37. The Labute approximate surface area is 234 Å². The van der Waals surface area contributed by atoms with Gasteiger partial charge in [-0.1, -0.05) is 60.3 Å². The van der Waals surface area contributed by atoms with Crippen LogP contribution < -0.4 is 10.1 Å². The number of carbonyl (C=O) groups excluding carboxylic acids is 2. The zero-order valence-electron chi connectivity index (χ0n) is 21.6. The highest BCUT2D eigenvalue weighted by Crippen LogP contribution is 2.35. The van der Waals surface area contributed by atoms with E-state index < -0.39 is 0 Å². The minimum absolute atomic E-state index is 0.0911. The fourth-order valence-electron chi connectivity index (χ4n) is 4.26. The molecule has 5 rings (SSSR count). The molecule has 1 N–H and O–H groups in total. The highest BCUT2D eigenvalue weighted by molar-refractivity contribution is 7.99. The van der Waals surface area contributed by atoms with Crippen molar-refractivity contribution >= 4 is 40.6 Å². The van der Waals surface area contributed by atoms with Crippen LogP contribution in [0.25, 0.3) is 0 Å². The monoisotopic (exact) mass is 560 g/mol. The molecule has 1 aliphatic rings. The average molecular weight is 561 g/mol. The zero-order chi connectivity index (χ0) is 27.2. The van der Waals surface area contributed by atoms with Crippen LogP contribution in [0, 0.1) is 0 Å². The number of thiophene rings is 1. The van der Waals surface area contributed by atoms with Crippen LogP contribution in [-0.2, 0) is 29.6 Å². The summed E-state index contributed by atoms with van der Waals surface area (Å²) in [5.74, 6) is 1.32. The van der Waals surface area contributed by atoms with E-state index in [0.717, 1.165) is 27.5 Å². The number of benzene rings is 2. The summed E-state index contributed by atoms with van der Waals surface area (Å²) in [5, 5.41) is 20.3. The van der Waals surface area contributed by atoms with Crippen molar-refractivity contribution in [3.05, 3.63) is 93.9 Å². The first-order chi connectivity index (χ1) is 19.0. The Hall–Kier alpha value is -3.96. The number of hydrogen-bond donors (Lipinski definition) is 1. The van der Waals surface area contributed by atoms with E-state index in [0.29, 0.717) is 23.8 Å². The number of hydrazone groups is 1. The highest BCUT2D eigenvalue weighted by atomic mass is 32.2. The van der Waals surface area contributed by atoms with Gasteiger partial charge in [-0.3, -0.25) is 9.59 Å². The number of nitrogens with zero attached hydrogens (tertiary/aromatic N) is 5. The van der Waals surface area contributed by atoms with E-state index in [-0.39, 0.29) is 30.2 Å². The third-order valence-electron chi connectivity index (χ3n) is 6.37. The summed E-state index contributed by atoms with van der Waals surface area (Å²) in [6.07, 6.45) is 0.939. The second-order valence-electron chi connectivity index (χ2n) is 8.94. The van der Waals surface area contributed by atoms with Gasteiger partial charge in [-0.2, -0.15) is 5.10 Å². The second kappa shape index (κ2) is 12.3. The molecule has 2 aromatic carbocycles. The van der Waals surface area contributed by atoms with Crippen molar-refractivity contribution in [3.8, 4) is 5.75 Å². The summed E-state index contributed by atoms with van der Waals surface area (Å²) in [5.41, 5.74) is 2.84. The van der Waals surface area contributed by atoms with Gasteiger partial charge in [-0.05, 0) is 34.7 Å². The van der Waals surface area contributed by atoms with Gasteiger partial charge in [0.25, 0.3) is 5.91 Å². The van der Waals surface area contributed by atoms with Gasteiger partial charge in [0.15, 0.2) is 11.0 Å². The van der Waals surface area contributed by atoms with Crippen molar-refractivity contribution in [1.29, 1.82) is 0 Å². The van der Waals surface area contributed by atoms with Crippen LogP contribution in [0.4, 0.5) is 0 Å². The Bertz CT molecular complexity index is 1450. The van der Waals surface area contributed by atoms with Crippen molar-refractivity contribution in [1.82, 2.24) is 25.1 Å². The minimum Gasteiger partial charge on any atom is -0.497 e. The Balaban J connectivity index is 1.22. The summed E-state index contributed by atoms with van der Waals surface area (Å²) >= 11 is 2.91. The fourth-order valence-corrected chi connectivity index (χ4v) is 5.76. The molecule has 0 saturated carbocycles. The first-order valence-electron chi connectivity index (χ1n) is 12.4. The smallest absolute Gasteiger partial charge is 0.253 e. The van der Waals surface area contributed by atoms with Gasteiger partial charge >= 0.3 is 0 Å². The molecule has 0 unspecified atom stereocenters. The SMILES string of the molecule is COc1ccc([C@H]2CC(c3cccs3)=NN2C(=O)CSc2nnc(CNC(=O)Cc3ccccc3)n2C)cc1. The summed E-state index contributed by atoms with van der Waals surface area (Å²) < 4.78 is 7.09. The van der Waals surface area contributed by atoms with Crippen molar-refractivity contribution in [2.45, 2.75) is 30.6 Å². The molecule has 0 spiro atoms. The van der Waals surface area contributed by atoms with Gasteiger partial charge in [0.1, 0.15) is 5.75 Å². The largest absolute Gasteiger partial charge is 0.497 e. The van der Waals surface area contributed by atoms with E-state index in [2.05, 4.69) is 15.5 Å². The van der Waals surface area contributed by atoms with Crippen molar-refractivity contribution < 1.29 is 14.3 Å². The third-order valence-corrected chi connectivity index (χ3v) is 8.30. The lowest BCUT2D eigenvalue weighted by atomic mass is 10.0. The van der Waals surface area contributed by atoms with E-state index in [1.54, 1.807) is 28.0 Å². The minimum atomic E-state index is -0.198. The van der Waals surface area contributed by atoms with Crippen LogP contribution in [0.5, 0.6) is 5.75 Å². The number of thioether (sulfide) groups is 1. The Morgan fingerprint density at radius 3 is 2.59 bits per heavy atom. The van der Waals surface area contributed by atoms with Crippen LogP contribution in [0.15, 0.2) is 82.4 Å². The predicted molar refractivity (Wildman–Crippen MR) is 152 cm³/mol. The number of ether oxygens (including phenoxy) is 1. The molecular weight excluding hydrogens is 532 g/mol. The molecule has 39 heavy (non-hydrogen) atoms. The van der Waals surface area contributed by atoms with E-state index in [1.807, 2.05) is 79.2 Å². The summed E-state index contributed by atoms with van der Waals surface area (Å²) in [4.78, 5) is 26.8. The highest BCUT2D eigenvalue weighted by Gasteiger charge is 2.33. The number of rotatable bonds is 10. The predicted octanol–water partition coefficient (Wildman–Crippen LogP) is 4.21. The number of methoxy groups -OCH3 is 1. The molecule has 0 bridgehead atoms.